The van der Waals surface area contributed by atoms with E-state index in [9.17, 15) is 14.4 Å². The minimum atomic E-state index is -0.857. The highest BCUT2D eigenvalue weighted by Crippen LogP contribution is 2.29. The van der Waals surface area contributed by atoms with Gasteiger partial charge in [0.15, 0.2) is 11.9 Å². The highest BCUT2D eigenvalue weighted by molar-refractivity contribution is 5.91. The summed E-state index contributed by atoms with van der Waals surface area (Å²) >= 11 is 0. The summed E-state index contributed by atoms with van der Waals surface area (Å²) in [6.07, 6.45) is 4.55. The number of carbonyl (C=O) groups excluding carboxylic acids is 3. The van der Waals surface area contributed by atoms with Gasteiger partial charge in [0.25, 0.3) is 11.8 Å². The predicted molar refractivity (Wildman–Crippen MR) is 113 cm³/mol. The monoisotopic (exact) mass is 424 g/mol. The molecule has 2 amide bonds. The molecule has 0 saturated carbocycles. The maximum absolute atomic E-state index is 12.7. The quantitative estimate of drug-likeness (QED) is 0.745. The lowest BCUT2D eigenvalue weighted by Gasteiger charge is -2.31. The number of furan rings is 1. The van der Waals surface area contributed by atoms with Gasteiger partial charge in [-0.25, -0.2) is 0 Å². The molecule has 1 aromatic heterocycles. The van der Waals surface area contributed by atoms with E-state index in [1.165, 1.54) is 11.8 Å². The van der Waals surface area contributed by atoms with Gasteiger partial charge < -0.3 is 19.4 Å². The summed E-state index contributed by atoms with van der Waals surface area (Å²) in [5.41, 5.74) is 2.41. The Bertz CT molecular complexity index is 931. The van der Waals surface area contributed by atoms with Crippen LogP contribution in [0.3, 0.4) is 0 Å². The number of amides is 2. The summed E-state index contributed by atoms with van der Waals surface area (Å²) in [5, 5.41) is 3.04. The number of rotatable bonds is 5. The van der Waals surface area contributed by atoms with Crippen LogP contribution < -0.4 is 5.32 Å². The summed E-state index contributed by atoms with van der Waals surface area (Å²) in [5.74, 6) is -0.837. The molecule has 0 unspecified atom stereocenters. The summed E-state index contributed by atoms with van der Waals surface area (Å²) in [6, 6.07) is 11.4. The van der Waals surface area contributed by atoms with Crippen LogP contribution in [0.5, 0.6) is 0 Å². The van der Waals surface area contributed by atoms with Crippen LogP contribution in [0.4, 0.5) is 0 Å². The maximum Gasteiger partial charge on any atom is 0.309 e. The molecule has 2 aromatic rings. The number of likely N-dealkylation sites (tertiary alicyclic amines) is 1. The number of hydrogen-bond donors (Lipinski definition) is 1. The van der Waals surface area contributed by atoms with Crippen molar-refractivity contribution in [1.29, 1.82) is 0 Å². The van der Waals surface area contributed by atoms with Gasteiger partial charge in [0.1, 0.15) is 0 Å². The van der Waals surface area contributed by atoms with Crippen molar-refractivity contribution in [2.24, 2.45) is 5.92 Å². The van der Waals surface area contributed by atoms with Crippen molar-refractivity contribution in [3.63, 3.8) is 0 Å². The van der Waals surface area contributed by atoms with E-state index in [2.05, 4.69) is 11.4 Å². The van der Waals surface area contributed by atoms with Crippen LogP contribution in [0.15, 0.2) is 47.1 Å². The van der Waals surface area contributed by atoms with Gasteiger partial charge in [-0.05, 0) is 62.3 Å². The predicted octanol–water partition coefficient (Wildman–Crippen LogP) is 3.26. The summed E-state index contributed by atoms with van der Waals surface area (Å²) in [4.78, 5) is 39.3. The van der Waals surface area contributed by atoms with Crippen LogP contribution in [0.25, 0.3) is 0 Å². The second-order valence-corrected chi connectivity index (χ2v) is 8.28. The van der Waals surface area contributed by atoms with Crippen LogP contribution >= 0.6 is 0 Å². The molecule has 2 heterocycles. The van der Waals surface area contributed by atoms with Crippen LogP contribution in [0.2, 0.25) is 0 Å². The summed E-state index contributed by atoms with van der Waals surface area (Å²) in [6.45, 7) is 2.52. The summed E-state index contributed by atoms with van der Waals surface area (Å²) in [7, 11) is 0. The van der Waals surface area contributed by atoms with Gasteiger partial charge in [-0.2, -0.15) is 0 Å². The third-order valence-electron chi connectivity index (χ3n) is 6.20. The van der Waals surface area contributed by atoms with Crippen molar-refractivity contribution in [3.05, 3.63) is 59.5 Å². The number of nitrogens with one attached hydrogen (secondary N) is 1. The number of benzene rings is 1. The van der Waals surface area contributed by atoms with Crippen molar-refractivity contribution in [2.45, 2.75) is 51.2 Å². The average molecular weight is 424 g/mol. The fourth-order valence-corrected chi connectivity index (χ4v) is 4.39. The molecule has 1 aliphatic heterocycles. The Balaban J connectivity index is 1.26. The lowest BCUT2D eigenvalue weighted by atomic mass is 9.87. The number of piperidine rings is 1. The molecule has 2 aliphatic rings. The zero-order valence-electron chi connectivity index (χ0n) is 17.7. The fraction of sp³-hybridized carbons (Fsp3) is 0.458. The molecule has 1 N–H and O–H groups in total. The second-order valence-electron chi connectivity index (χ2n) is 8.28. The molecular formula is C24H28N2O5. The SMILES string of the molecule is C[C@H](OC(=O)C1CCN(C(=O)c2ccco2)CC1)C(=O)N[C@@H]1CCCc2ccccc21. The molecule has 1 fully saturated rings. The number of nitrogens with zero attached hydrogens (tertiary/aromatic N) is 1. The first-order chi connectivity index (χ1) is 15.0. The molecule has 164 valence electrons. The molecule has 1 aliphatic carbocycles. The molecule has 4 rings (SSSR count). The zero-order chi connectivity index (χ0) is 21.8. The fourth-order valence-electron chi connectivity index (χ4n) is 4.39. The Morgan fingerprint density at radius 1 is 1.10 bits per heavy atom. The van der Waals surface area contributed by atoms with Gasteiger partial charge in [0.2, 0.25) is 0 Å². The highest BCUT2D eigenvalue weighted by atomic mass is 16.5. The van der Waals surface area contributed by atoms with Crippen molar-refractivity contribution >= 4 is 17.8 Å². The first kappa shape index (κ1) is 21.2. The number of ether oxygens (including phenoxy) is 1. The van der Waals surface area contributed by atoms with Gasteiger partial charge in [-0.3, -0.25) is 14.4 Å². The first-order valence-corrected chi connectivity index (χ1v) is 10.9. The lowest BCUT2D eigenvalue weighted by molar-refractivity contribution is -0.160. The van der Waals surface area contributed by atoms with E-state index in [1.807, 2.05) is 18.2 Å². The minimum Gasteiger partial charge on any atom is -0.459 e. The van der Waals surface area contributed by atoms with Gasteiger partial charge in [-0.15, -0.1) is 0 Å². The molecule has 31 heavy (non-hydrogen) atoms. The van der Waals surface area contributed by atoms with Crippen molar-refractivity contribution in [1.82, 2.24) is 10.2 Å². The highest BCUT2D eigenvalue weighted by Gasteiger charge is 2.32. The first-order valence-electron chi connectivity index (χ1n) is 10.9. The maximum atomic E-state index is 12.7. The van der Waals surface area contributed by atoms with Crippen LogP contribution in [-0.4, -0.2) is 41.9 Å². The number of aryl methyl sites for hydroxylation is 1. The third kappa shape index (κ3) is 4.81. The number of fused-ring (bicyclic) bond motifs is 1. The standard InChI is InChI=1S/C24H28N2O5/c1-16(22(27)25-20-9-4-7-17-6-2-3-8-19(17)20)31-24(29)18-11-13-26(14-12-18)23(28)21-10-5-15-30-21/h2-3,5-6,8,10,15-16,18,20H,4,7,9,11-14H2,1H3,(H,25,27)/t16-,20+/m0/s1. The molecular weight excluding hydrogens is 396 g/mol. The number of carbonyl (C=O) groups is 3. The molecule has 1 saturated heterocycles. The Morgan fingerprint density at radius 2 is 1.87 bits per heavy atom. The third-order valence-corrected chi connectivity index (χ3v) is 6.20. The van der Waals surface area contributed by atoms with E-state index in [1.54, 1.807) is 24.0 Å². The van der Waals surface area contributed by atoms with E-state index < -0.39 is 6.10 Å². The summed E-state index contributed by atoms with van der Waals surface area (Å²) < 4.78 is 10.6. The minimum absolute atomic E-state index is 0.0468. The number of hydrogen-bond acceptors (Lipinski definition) is 5. The second kappa shape index (κ2) is 9.37. The van der Waals surface area contributed by atoms with Crippen molar-refractivity contribution in [3.8, 4) is 0 Å². The molecule has 7 heteroatoms. The van der Waals surface area contributed by atoms with Crippen molar-refractivity contribution < 1.29 is 23.5 Å². The Morgan fingerprint density at radius 3 is 2.61 bits per heavy atom. The molecule has 0 bridgehead atoms. The average Bonchev–Trinajstić information content (AvgIpc) is 3.34. The van der Waals surface area contributed by atoms with E-state index >= 15 is 0 Å². The van der Waals surface area contributed by atoms with Crippen LogP contribution in [0, 0.1) is 5.92 Å². The largest absolute Gasteiger partial charge is 0.459 e. The smallest absolute Gasteiger partial charge is 0.309 e. The topological polar surface area (TPSA) is 88.8 Å². The zero-order valence-corrected chi connectivity index (χ0v) is 17.7. The molecule has 2 atom stereocenters. The Hall–Kier alpha value is -3.09. The van der Waals surface area contributed by atoms with Crippen LogP contribution in [0.1, 0.15) is 60.3 Å². The normalized spacial score (nSPS) is 19.9. The molecule has 0 radical (unpaired) electrons. The lowest BCUT2D eigenvalue weighted by Crippen LogP contribution is -2.43. The van der Waals surface area contributed by atoms with E-state index in [0.717, 1.165) is 24.8 Å². The van der Waals surface area contributed by atoms with Gasteiger partial charge in [0.05, 0.1) is 18.2 Å². The molecule has 1 aromatic carbocycles. The van der Waals surface area contributed by atoms with E-state index in [-0.39, 0.29) is 29.7 Å². The van der Waals surface area contributed by atoms with Gasteiger partial charge >= 0.3 is 5.97 Å². The Labute approximate surface area is 181 Å². The van der Waals surface area contributed by atoms with Crippen molar-refractivity contribution in [2.75, 3.05) is 13.1 Å². The molecule has 7 nitrogen and oxygen atoms in total. The van der Waals surface area contributed by atoms with Gasteiger partial charge in [-0.1, -0.05) is 24.3 Å². The van der Waals surface area contributed by atoms with E-state index in [0.29, 0.717) is 31.7 Å². The number of esters is 1. The van der Waals surface area contributed by atoms with Gasteiger partial charge in [0, 0.05) is 13.1 Å². The van der Waals surface area contributed by atoms with Crippen LogP contribution in [-0.2, 0) is 20.7 Å². The Kier molecular flexibility index (Phi) is 6.39. The van der Waals surface area contributed by atoms with E-state index in [4.69, 9.17) is 9.15 Å². The molecule has 0 spiro atoms.